The first-order valence-electron chi connectivity index (χ1n) is 6.88. The van der Waals surface area contributed by atoms with Crippen molar-refractivity contribution in [2.45, 2.75) is 42.5 Å². The Labute approximate surface area is 127 Å². The molecule has 1 aromatic heterocycles. The number of hydrogen-bond donors (Lipinski definition) is 2. The second-order valence-electron chi connectivity index (χ2n) is 4.73. The minimum Gasteiger partial charge on any atom is -0.357 e. The van der Waals surface area contributed by atoms with Crippen LogP contribution in [-0.2, 0) is 4.79 Å². The fourth-order valence-corrected chi connectivity index (χ4v) is 3.71. The number of carbonyl (C=O) groups is 1. The molecule has 2 rings (SSSR count). The molecule has 110 valence electrons. The molecule has 0 atom stereocenters. The molecule has 0 unspecified atom stereocenters. The zero-order valence-electron chi connectivity index (χ0n) is 11.4. The Balaban J connectivity index is 1.69. The Hall–Kier alpha value is -1.08. The highest BCUT2D eigenvalue weighted by Crippen LogP contribution is 2.25. The van der Waals surface area contributed by atoms with Crippen LogP contribution < -0.4 is 10.6 Å². The Morgan fingerprint density at radius 2 is 2.20 bits per heavy atom. The highest BCUT2D eigenvalue weighted by Gasteiger charge is 2.16. The van der Waals surface area contributed by atoms with Gasteiger partial charge in [0.15, 0.2) is 4.34 Å². The monoisotopic (exact) mass is 312 g/mol. The zero-order chi connectivity index (χ0) is 14.2. The first-order valence-corrected chi connectivity index (χ1v) is 8.68. The van der Waals surface area contributed by atoms with Crippen LogP contribution in [0.3, 0.4) is 0 Å². The van der Waals surface area contributed by atoms with Crippen molar-refractivity contribution in [3.05, 3.63) is 12.7 Å². The van der Waals surface area contributed by atoms with Crippen molar-refractivity contribution in [1.82, 2.24) is 15.5 Å². The molecule has 0 radical (unpaired) electrons. The Bertz CT molecular complexity index is 443. The molecule has 1 aliphatic carbocycles. The van der Waals surface area contributed by atoms with Crippen LogP contribution in [-0.4, -0.2) is 34.4 Å². The Morgan fingerprint density at radius 1 is 1.40 bits per heavy atom. The van der Waals surface area contributed by atoms with Gasteiger partial charge in [0, 0.05) is 12.6 Å². The van der Waals surface area contributed by atoms with Crippen molar-refractivity contribution >= 4 is 34.1 Å². The van der Waals surface area contributed by atoms with Crippen molar-refractivity contribution in [3.63, 3.8) is 0 Å². The summed E-state index contributed by atoms with van der Waals surface area (Å²) in [6.07, 6.45) is 7.76. The summed E-state index contributed by atoms with van der Waals surface area (Å²) in [4.78, 5) is 11.9. The maximum Gasteiger partial charge on any atom is 0.230 e. The van der Waals surface area contributed by atoms with E-state index in [0.29, 0.717) is 18.3 Å². The molecule has 0 aliphatic heterocycles. The lowest BCUT2D eigenvalue weighted by Crippen LogP contribution is -2.37. The number of nitrogens with zero attached hydrogens (tertiary/aromatic N) is 2. The minimum atomic E-state index is 0.0951. The summed E-state index contributed by atoms with van der Waals surface area (Å²) in [7, 11) is 0. The van der Waals surface area contributed by atoms with E-state index in [1.165, 1.54) is 42.4 Å². The first kappa shape index (κ1) is 15.3. The first-order chi connectivity index (χ1) is 9.78. The van der Waals surface area contributed by atoms with Gasteiger partial charge in [-0.3, -0.25) is 4.79 Å². The van der Waals surface area contributed by atoms with E-state index in [2.05, 4.69) is 27.4 Å². The van der Waals surface area contributed by atoms with Crippen molar-refractivity contribution < 1.29 is 4.79 Å². The quantitative estimate of drug-likeness (QED) is 0.598. The number of aromatic nitrogens is 2. The number of anilines is 1. The second kappa shape index (κ2) is 8.26. The molecule has 1 amide bonds. The maximum absolute atomic E-state index is 11.9. The second-order valence-corrected chi connectivity index (χ2v) is 6.93. The SMILES string of the molecule is C=CCNc1nnc(SCC(=O)NC2CCCCC2)s1. The van der Waals surface area contributed by atoms with Crippen LogP contribution >= 0.6 is 23.1 Å². The van der Waals surface area contributed by atoms with Gasteiger partial charge < -0.3 is 10.6 Å². The van der Waals surface area contributed by atoms with Crippen LogP contribution in [0.15, 0.2) is 17.0 Å². The van der Waals surface area contributed by atoms with Gasteiger partial charge >= 0.3 is 0 Å². The third kappa shape index (κ3) is 5.13. The molecule has 0 aromatic carbocycles. The summed E-state index contributed by atoms with van der Waals surface area (Å²) < 4.78 is 0.815. The number of nitrogens with one attached hydrogen (secondary N) is 2. The van der Waals surface area contributed by atoms with Gasteiger partial charge in [-0.05, 0) is 12.8 Å². The Morgan fingerprint density at radius 3 is 2.95 bits per heavy atom. The molecule has 0 saturated heterocycles. The molecular formula is C13H20N4OS2. The smallest absolute Gasteiger partial charge is 0.230 e. The van der Waals surface area contributed by atoms with E-state index >= 15 is 0 Å². The highest BCUT2D eigenvalue weighted by atomic mass is 32.2. The number of amides is 1. The van der Waals surface area contributed by atoms with Gasteiger partial charge in [-0.15, -0.1) is 16.8 Å². The van der Waals surface area contributed by atoms with Crippen LogP contribution in [0.2, 0.25) is 0 Å². The lowest BCUT2D eigenvalue weighted by molar-refractivity contribution is -0.119. The lowest BCUT2D eigenvalue weighted by atomic mass is 9.95. The highest BCUT2D eigenvalue weighted by molar-refractivity contribution is 8.01. The molecule has 5 nitrogen and oxygen atoms in total. The zero-order valence-corrected chi connectivity index (χ0v) is 13.1. The predicted octanol–water partition coefficient (Wildman–Crippen LogP) is 2.68. The summed E-state index contributed by atoms with van der Waals surface area (Å²) in [6, 6.07) is 0.371. The normalized spacial score (nSPS) is 15.8. The largest absolute Gasteiger partial charge is 0.357 e. The van der Waals surface area contributed by atoms with E-state index in [-0.39, 0.29) is 5.91 Å². The Kier molecular flexibility index (Phi) is 6.32. The minimum absolute atomic E-state index is 0.0951. The van der Waals surface area contributed by atoms with Gasteiger partial charge in [-0.2, -0.15) is 0 Å². The van der Waals surface area contributed by atoms with Crippen molar-refractivity contribution in [2.24, 2.45) is 0 Å². The van der Waals surface area contributed by atoms with E-state index in [9.17, 15) is 4.79 Å². The van der Waals surface area contributed by atoms with Gasteiger partial charge in [0.2, 0.25) is 11.0 Å². The van der Waals surface area contributed by atoms with Crippen LogP contribution in [0, 0.1) is 0 Å². The van der Waals surface area contributed by atoms with Crippen molar-refractivity contribution in [3.8, 4) is 0 Å². The number of rotatable bonds is 7. The summed E-state index contributed by atoms with van der Waals surface area (Å²) in [5, 5.41) is 15.0. The molecule has 1 aromatic rings. The van der Waals surface area contributed by atoms with Crippen molar-refractivity contribution in [2.75, 3.05) is 17.6 Å². The van der Waals surface area contributed by atoms with Crippen LogP contribution in [0.1, 0.15) is 32.1 Å². The van der Waals surface area contributed by atoms with Gasteiger partial charge in [0.05, 0.1) is 5.75 Å². The number of thioether (sulfide) groups is 1. The third-order valence-corrected chi connectivity index (χ3v) is 5.12. The van der Waals surface area contributed by atoms with Crippen LogP contribution in [0.25, 0.3) is 0 Å². The van der Waals surface area contributed by atoms with Crippen molar-refractivity contribution in [1.29, 1.82) is 0 Å². The molecule has 0 spiro atoms. The van der Waals surface area contributed by atoms with Crippen LogP contribution in [0.5, 0.6) is 0 Å². The number of carbonyl (C=O) groups excluding carboxylic acids is 1. The molecule has 1 heterocycles. The maximum atomic E-state index is 11.9. The van der Waals surface area contributed by atoms with Gasteiger partial charge in [-0.25, -0.2) is 0 Å². The predicted molar refractivity (Wildman–Crippen MR) is 84.3 cm³/mol. The lowest BCUT2D eigenvalue weighted by Gasteiger charge is -2.22. The fraction of sp³-hybridized carbons (Fsp3) is 0.615. The average Bonchev–Trinajstić information content (AvgIpc) is 2.92. The van der Waals surface area contributed by atoms with E-state index < -0.39 is 0 Å². The topological polar surface area (TPSA) is 66.9 Å². The van der Waals surface area contributed by atoms with E-state index in [4.69, 9.17) is 0 Å². The standard InChI is InChI=1S/C13H20N4OS2/c1-2-8-14-12-16-17-13(20-12)19-9-11(18)15-10-6-4-3-5-7-10/h2,10H,1,3-9H2,(H,14,16)(H,15,18). The van der Waals surface area contributed by atoms with Crippen LogP contribution in [0.4, 0.5) is 5.13 Å². The summed E-state index contributed by atoms with van der Waals surface area (Å²) in [5.74, 6) is 0.504. The van der Waals surface area contributed by atoms with E-state index in [0.717, 1.165) is 22.3 Å². The molecule has 1 aliphatic rings. The molecule has 7 heteroatoms. The molecular weight excluding hydrogens is 292 g/mol. The fourth-order valence-electron chi connectivity index (χ4n) is 2.14. The molecule has 0 bridgehead atoms. The molecule has 20 heavy (non-hydrogen) atoms. The van der Waals surface area contributed by atoms with Gasteiger partial charge in [0.25, 0.3) is 0 Å². The average molecular weight is 312 g/mol. The summed E-state index contributed by atoms with van der Waals surface area (Å²) >= 11 is 2.90. The molecule has 1 saturated carbocycles. The number of hydrogen-bond acceptors (Lipinski definition) is 6. The molecule has 2 N–H and O–H groups in total. The van der Waals surface area contributed by atoms with E-state index in [1.54, 1.807) is 6.08 Å². The van der Waals surface area contributed by atoms with E-state index in [1.807, 2.05) is 0 Å². The van der Waals surface area contributed by atoms with Gasteiger partial charge in [-0.1, -0.05) is 48.4 Å². The summed E-state index contributed by atoms with van der Waals surface area (Å²) in [6.45, 7) is 4.30. The van der Waals surface area contributed by atoms with Gasteiger partial charge in [0.1, 0.15) is 0 Å². The summed E-state index contributed by atoms with van der Waals surface area (Å²) in [5.41, 5.74) is 0. The third-order valence-electron chi connectivity index (χ3n) is 3.10. The molecule has 1 fully saturated rings.